The van der Waals surface area contributed by atoms with E-state index in [9.17, 15) is 30.6 Å². The van der Waals surface area contributed by atoms with Crippen LogP contribution < -0.4 is 0 Å². The highest BCUT2D eigenvalue weighted by molar-refractivity contribution is 7.59. The number of aromatic hydroxyl groups is 6. The predicted octanol–water partition coefficient (Wildman–Crippen LogP) is 6.87. The Morgan fingerprint density at radius 3 is 1.09 bits per heavy atom. The maximum Gasteiger partial charge on any atom is 0.161 e. The molecule has 0 aliphatic heterocycles. The highest BCUT2D eigenvalue weighted by Crippen LogP contribution is 2.52. The summed E-state index contributed by atoms with van der Waals surface area (Å²) in [5.74, 6) is -1.56. The predicted molar refractivity (Wildman–Crippen MR) is 145 cm³/mol. The number of aryl methyl sites for hydroxylation is 2. The van der Waals surface area contributed by atoms with Gasteiger partial charge in [-0.1, -0.05) is 39.8 Å². The molecular formula is C28H32O6S. The van der Waals surface area contributed by atoms with Gasteiger partial charge in [0.2, 0.25) is 0 Å². The molecule has 186 valence electrons. The van der Waals surface area contributed by atoms with Crippen molar-refractivity contribution in [2.45, 2.75) is 53.4 Å². The number of benzene rings is 4. The summed E-state index contributed by atoms with van der Waals surface area (Å²) in [7, 11) is 0. The van der Waals surface area contributed by atoms with Crippen LogP contribution in [0.2, 0.25) is 0 Å². The van der Waals surface area contributed by atoms with Gasteiger partial charge in [0.05, 0.1) is 0 Å². The van der Waals surface area contributed by atoms with E-state index >= 15 is 0 Å². The van der Waals surface area contributed by atoms with Gasteiger partial charge in [0, 0.05) is 33.0 Å². The molecule has 0 bridgehead atoms. The Balaban J connectivity index is 0.00000342. The second-order valence-corrected chi connectivity index (χ2v) is 9.65. The van der Waals surface area contributed by atoms with E-state index in [0.717, 1.165) is 0 Å². The first-order valence-corrected chi connectivity index (χ1v) is 11.3. The van der Waals surface area contributed by atoms with Gasteiger partial charge in [0.25, 0.3) is 0 Å². The van der Waals surface area contributed by atoms with Gasteiger partial charge in [-0.15, -0.1) is 0 Å². The number of rotatable bonds is 3. The van der Waals surface area contributed by atoms with Gasteiger partial charge in [-0.2, -0.15) is 13.5 Å². The van der Waals surface area contributed by atoms with Crippen LogP contribution in [0.4, 0.5) is 0 Å². The Bertz CT molecular complexity index is 1370. The maximum absolute atomic E-state index is 11.4. The zero-order valence-electron chi connectivity index (χ0n) is 20.6. The van der Waals surface area contributed by atoms with Crippen molar-refractivity contribution < 1.29 is 30.6 Å². The number of hydrogen-bond acceptors (Lipinski definition) is 6. The van der Waals surface area contributed by atoms with Crippen molar-refractivity contribution in [3.05, 3.63) is 46.5 Å². The van der Waals surface area contributed by atoms with Gasteiger partial charge in [-0.3, -0.25) is 0 Å². The molecule has 35 heavy (non-hydrogen) atoms. The Morgan fingerprint density at radius 1 is 0.486 bits per heavy atom. The van der Waals surface area contributed by atoms with Crippen molar-refractivity contribution in [2.75, 3.05) is 0 Å². The van der Waals surface area contributed by atoms with E-state index in [4.69, 9.17) is 0 Å². The van der Waals surface area contributed by atoms with Crippen molar-refractivity contribution in [1.29, 1.82) is 0 Å². The van der Waals surface area contributed by atoms with Gasteiger partial charge in [-0.05, 0) is 59.7 Å². The normalized spacial score (nSPS) is 11.5. The van der Waals surface area contributed by atoms with E-state index < -0.39 is 0 Å². The van der Waals surface area contributed by atoms with E-state index in [1.165, 1.54) is 12.1 Å². The fourth-order valence-corrected chi connectivity index (χ4v) is 5.11. The quantitative estimate of drug-likeness (QED) is 0.172. The second kappa shape index (κ2) is 8.96. The lowest BCUT2D eigenvalue weighted by Gasteiger charge is -2.21. The lowest BCUT2D eigenvalue weighted by Crippen LogP contribution is -1.97. The van der Waals surface area contributed by atoms with E-state index in [1.54, 1.807) is 13.8 Å². The molecule has 4 aromatic carbocycles. The summed E-state index contributed by atoms with van der Waals surface area (Å²) in [5, 5.41) is 66.2. The van der Waals surface area contributed by atoms with Crippen LogP contribution in [0, 0.1) is 13.8 Å². The number of fused-ring (bicyclic) bond motifs is 2. The van der Waals surface area contributed by atoms with Crippen molar-refractivity contribution in [1.82, 2.24) is 0 Å². The van der Waals surface area contributed by atoms with Crippen LogP contribution in [-0.4, -0.2) is 30.6 Å². The summed E-state index contributed by atoms with van der Waals surface area (Å²) < 4.78 is 0. The summed E-state index contributed by atoms with van der Waals surface area (Å²) in [6, 6.07) is 6.30. The fourth-order valence-electron chi connectivity index (χ4n) is 5.11. The molecule has 0 radical (unpaired) electrons. The minimum absolute atomic E-state index is 0. The SMILES string of the molecule is Cc1cc2c(C(C)C)c(O)c(O)cc2c(O)c1-c1c(C)cc2c(C(C)C)c(O)c(O)cc2c1O.S. The lowest BCUT2D eigenvalue weighted by atomic mass is 9.85. The smallest absolute Gasteiger partial charge is 0.161 e. The number of phenolic OH excluding ortho intramolecular Hbond substituents is 6. The van der Waals surface area contributed by atoms with E-state index in [2.05, 4.69) is 0 Å². The zero-order valence-corrected chi connectivity index (χ0v) is 21.6. The molecule has 6 N–H and O–H groups in total. The second-order valence-electron chi connectivity index (χ2n) is 9.65. The molecule has 0 saturated heterocycles. The monoisotopic (exact) mass is 496 g/mol. The van der Waals surface area contributed by atoms with Crippen molar-refractivity contribution >= 4 is 35.0 Å². The Labute approximate surface area is 211 Å². The number of phenols is 6. The molecular weight excluding hydrogens is 464 g/mol. The summed E-state index contributed by atoms with van der Waals surface area (Å²) in [6.07, 6.45) is 0. The molecule has 0 aliphatic rings. The summed E-state index contributed by atoms with van der Waals surface area (Å²) in [6.45, 7) is 11.2. The third kappa shape index (κ3) is 3.84. The van der Waals surface area contributed by atoms with Crippen molar-refractivity contribution in [3.8, 4) is 45.6 Å². The third-order valence-electron chi connectivity index (χ3n) is 6.62. The molecule has 4 aromatic rings. The van der Waals surface area contributed by atoms with Gasteiger partial charge in [0.1, 0.15) is 11.5 Å². The summed E-state index contributed by atoms with van der Waals surface area (Å²) >= 11 is 0. The summed E-state index contributed by atoms with van der Waals surface area (Å²) in [4.78, 5) is 0. The maximum atomic E-state index is 11.4. The van der Waals surface area contributed by atoms with Crippen LogP contribution in [0.25, 0.3) is 32.7 Å². The van der Waals surface area contributed by atoms with Gasteiger partial charge in [0.15, 0.2) is 23.0 Å². The molecule has 4 rings (SSSR count). The third-order valence-corrected chi connectivity index (χ3v) is 6.62. The molecule has 6 nitrogen and oxygen atoms in total. The van der Waals surface area contributed by atoms with Crippen molar-refractivity contribution in [2.24, 2.45) is 0 Å². The standard InChI is InChI=1S/C28H30O6.H2S/c1-11(2)21-15-7-13(5)23(25(31)17(15)9-19(29)27(21)33)24-14(6)8-16-18(26(24)32)10-20(30)28(34)22(16)12(3)4;/h7-12,29-34H,1-6H3;1H2. The molecule has 0 spiro atoms. The van der Waals surface area contributed by atoms with E-state index in [-0.39, 0.29) is 59.8 Å². The molecule has 0 unspecified atom stereocenters. The molecule has 0 aromatic heterocycles. The van der Waals surface area contributed by atoms with Crippen LogP contribution in [-0.2, 0) is 0 Å². The highest BCUT2D eigenvalue weighted by Gasteiger charge is 2.25. The van der Waals surface area contributed by atoms with Gasteiger partial charge < -0.3 is 30.6 Å². The van der Waals surface area contributed by atoms with Crippen molar-refractivity contribution in [3.63, 3.8) is 0 Å². The van der Waals surface area contributed by atoms with Crippen LogP contribution in [0.15, 0.2) is 24.3 Å². The number of hydrogen-bond donors (Lipinski definition) is 6. The first-order chi connectivity index (χ1) is 15.9. The summed E-state index contributed by atoms with van der Waals surface area (Å²) in [5.41, 5.74) is 3.18. The Morgan fingerprint density at radius 2 is 0.800 bits per heavy atom. The van der Waals surface area contributed by atoms with Crippen LogP contribution in [0.5, 0.6) is 34.5 Å². The van der Waals surface area contributed by atoms with Gasteiger partial charge in [-0.25, -0.2) is 0 Å². The first-order valence-electron chi connectivity index (χ1n) is 11.3. The van der Waals surface area contributed by atoms with Crippen LogP contribution >= 0.6 is 13.5 Å². The molecule has 0 saturated carbocycles. The van der Waals surface area contributed by atoms with E-state index in [0.29, 0.717) is 54.9 Å². The molecule has 0 amide bonds. The largest absolute Gasteiger partial charge is 0.507 e. The highest BCUT2D eigenvalue weighted by atomic mass is 32.1. The van der Waals surface area contributed by atoms with E-state index in [1.807, 2.05) is 39.8 Å². The van der Waals surface area contributed by atoms with Crippen LogP contribution in [0.3, 0.4) is 0 Å². The Hall–Kier alpha value is -3.45. The Kier molecular flexibility index (Phi) is 6.70. The van der Waals surface area contributed by atoms with Gasteiger partial charge >= 0.3 is 0 Å². The lowest BCUT2D eigenvalue weighted by molar-refractivity contribution is 0.398. The average Bonchev–Trinajstić information content (AvgIpc) is 2.73. The minimum atomic E-state index is -0.331. The fraction of sp³-hybridized carbons (Fsp3) is 0.286. The zero-order chi connectivity index (χ0) is 25.2. The molecule has 7 heteroatoms. The van der Waals surface area contributed by atoms with Crippen LogP contribution in [0.1, 0.15) is 61.8 Å². The first kappa shape index (κ1) is 26.2. The average molecular weight is 497 g/mol. The minimum Gasteiger partial charge on any atom is -0.507 e. The topological polar surface area (TPSA) is 121 Å². The molecule has 0 atom stereocenters. The molecule has 0 aliphatic carbocycles. The molecule has 0 heterocycles. The molecule has 0 fully saturated rings.